The molecule has 0 aliphatic carbocycles. The highest BCUT2D eigenvalue weighted by atomic mass is 127. The lowest BCUT2D eigenvalue weighted by Gasteiger charge is -2.25. The highest BCUT2D eigenvalue weighted by Gasteiger charge is 2.25. The Morgan fingerprint density at radius 2 is 1.95 bits per heavy atom. The number of ether oxygens (including phenoxy) is 1. The minimum absolute atomic E-state index is 0.235. The summed E-state index contributed by atoms with van der Waals surface area (Å²) in [6.07, 6.45) is 1.05. The summed E-state index contributed by atoms with van der Waals surface area (Å²) in [6, 6.07) is 15.2. The third kappa shape index (κ3) is 2.30. The molecule has 3 nitrogen and oxygen atoms in total. The van der Waals surface area contributed by atoms with Gasteiger partial charge in [-0.15, -0.1) is 0 Å². The minimum Gasteiger partial charge on any atom is -0.497 e. The van der Waals surface area contributed by atoms with Gasteiger partial charge in [0, 0.05) is 26.7 Å². The van der Waals surface area contributed by atoms with Gasteiger partial charge in [0.1, 0.15) is 5.75 Å². The van der Waals surface area contributed by atoms with Gasteiger partial charge < -0.3 is 15.0 Å². The van der Waals surface area contributed by atoms with E-state index >= 15 is 0 Å². The van der Waals surface area contributed by atoms with Crippen molar-refractivity contribution in [3.8, 4) is 5.75 Å². The zero-order chi connectivity index (χ0) is 15.1. The molecule has 3 aromatic rings. The first kappa shape index (κ1) is 14.1. The molecule has 0 saturated heterocycles. The molecular weight excluding hydrogens is 387 g/mol. The second kappa shape index (κ2) is 5.59. The fourth-order valence-corrected chi connectivity index (χ4v) is 3.63. The number of fused-ring (bicyclic) bond motifs is 3. The Hall–Kier alpha value is -1.53. The third-order valence-corrected chi connectivity index (χ3v) is 5.08. The molecule has 4 rings (SSSR count). The number of nitrogens with one attached hydrogen (secondary N) is 2. The molecule has 4 heteroatoms. The second-order valence-corrected chi connectivity index (χ2v) is 6.86. The first-order valence-electron chi connectivity index (χ1n) is 7.43. The zero-order valence-corrected chi connectivity index (χ0v) is 14.5. The summed E-state index contributed by atoms with van der Waals surface area (Å²) in [7, 11) is 1.72. The number of rotatable bonds is 2. The molecule has 0 radical (unpaired) electrons. The van der Waals surface area contributed by atoms with Crippen molar-refractivity contribution in [3.05, 3.63) is 62.9 Å². The van der Waals surface area contributed by atoms with Crippen LogP contribution in [0, 0.1) is 3.57 Å². The van der Waals surface area contributed by atoms with Crippen molar-refractivity contribution in [2.24, 2.45) is 0 Å². The van der Waals surface area contributed by atoms with Crippen molar-refractivity contribution in [2.75, 3.05) is 13.7 Å². The van der Waals surface area contributed by atoms with Crippen LogP contribution in [0.15, 0.2) is 42.5 Å². The molecule has 1 aliphatic rings. The van der Waals surface area contributed by atoms with Crippen LogP contribution in [0.2, 0.25) is 0 Å². The molecule has 2 aromatic carbocycles. The summed E-state index contributed by atoms with van der Waals surface area (Å²) in [4.78, 5) is 3.61. The maximum atomic E-state index is 5.38. The van der Waals surface area contributed by atoms with Gasteiger partial charge in [-0.1, -0.05) is 12.1 Å². The molecular formula is C18H17IN2O. The summed E-state index contributed by atoms with van der Waals surface area (Å²) < 4.78 is 6.64. The van der Waals surface area contributed by atoms with Crippen molar-refractivity contribution >= 4 is 33.5 Å². The molecule has 2 heterocycles. The Kier molecular flexibility index (Phi) is 3.58. The van der Waals surface area contributed by atoms with E-state index in [1.807, 2.05) is 6.07 Å². The van der Waals surface area contributed by atoms with Crippen LogP contribution < -0.4 is 10.1 Å². The van der Waals surface area contributed by atoms with E-state index in [4.69, 9.17) is 4.74 Å². The summed E-state index contributed by atoms with van der Waals surface area (Å²) in [5.74, 6) is 0.915. The van der Waals surface area contributed by atoms with Crippen LogP contribution in [0.1, 0.15) is 22.9 Å². The molecule has 0 spiro atoms. The molecule has 0 fully saturated rings. The quantitative estimate of drug-likeness (QED) is 0.634. The fourth-order valence-electron chi connectivity index (χ4n) is 3.27. The van der Waals surface area contributed by atoms with E-state index in [9.17, 15) is 0 Å². The van der Waals surface area contributed by atoms with E-state index in [2.05, 4.69) is 69.3 Å². The van der Waals surface area contributed by atoms with Crippen LogP contribution in [0.25, 0.3) is 10.9 Å². The molecule has 1 unspecified atom stereocenters. The van der Waals surface area contributed by atoms with Gasteiger partial charge in [0.2, 0.25) is 0 Å². The van der Waals surface area contributed by atoms with Crippen molar-refractivity contribution in [2.45, 2.75) is 12.5 Å². The van der Waals surface area contributed by atoms with Crippen molar-refractivity contribution < 1.29 is 4.74 Å². The highest BCUT2D eigenvalue weighted by molar-refractivity contribution is 14.1. The first-order chi connectivity index (χ1) is 10.8. The van der Waals surface area contributed by atoms with Crippen LogP contribution in [-0.2, 0) is 6.42 Å². The summed E-state index contributed by atoms with van der Waals surface area (Å²) in [5.41, 5.74) is 5.19. The van der Waals surface area contributed by atoms with E-state index < -0.39 is 0 Å². The Morgan fingerprint density at radius 1 is 1.14 bits per heavy atom. The monoisotopic (exact) mass is 404 g/mol. The average Bonchev–Trinajstić information content (AvgIpc) is 2.93. The molecule has 0 amide bonds. The van der Waals surface area contributed by atoms with E-state index in [0.717, 1.165) is 18.7 Å². The van der Waals surface area contributed by atoms with Crippen molar-refractivity contribution in [3.63, 3.8) is 0 Å². The van der Waals surface area contributed by atoms with Gasteiger partial charge in [0.25, 0.3) is 0 Å². The lowest BCUT2D eigenvalue weighted by Crippen LogP contribution is -2.30. The standard InChI is InChI=1S/C18H17IN2O/c1-22-13-6-7-16-15(10-13)14-8-9-20-17(18(14)21-16)11-2-4-12(19)5-3-11/h2-7,10,17,20-21H,8-9H2,1H3. The van der Waals surface area contributed by atoms with Crippen LogP contribution in [-0.4, -0.2) is 18.6 Å². The molecule has 1 atom stereocenters. The lowest BCUT2D eigenvalue weighted by atomic mass is 9.94. The predicted octanol–water partition coefficient (Wildman–Crippen LogP) is 4.02. The average molecular weight is 404 g/mol. The molecule has 112 valence electrons. The Labute approximate surface area is 143 Å². The zero-order valence-electron chi connectivity index (χ0n) is 12.3. The van der Waals surface area contributed by atoms with Gasteiger partial charge in [-0.2, -0.15) is 0 Å². The van der Waals surface area contributed by atoms with Gasteiger partial charge in [0.15, 0.2) is 0 Å². The number of hydrogen-bond acceptors (Lipinski definition) is 2. The van der Waals surface area contributed by atoms with Gasteiger partial charge in [-0.05, 0) is 70.5 Å². The summed E-state index contributed by atoms with van der Waals surface area (Å²) in [6.45, 7) is 0.994. The summed E-state index contributed by atoms with van der Waals surface area (Å²) in [5, 5.41) is 4.92. The van der Waals surface area contributed by atoms with E-state index in [0.29, 0.717) is 0 Å². The topological polar surface area (TPSA) is 37.0 Å². The lowest BCUT2D eigenvalue weighted by molar-refractivity contribution is 0.415. The van der Waals surface area contributed by atoms with Gasteiger partial charge in [0.05, 0.1) is 13.2 Å². The number of H-pyrrole nitrogens is 1. The number of benzene rings is 2. The van der Waals surface area contributed by atoms with Crippen LogP contribution in [0.4, 0.5) is 0 Å². The number of aromatic amines is 1. The number of methoxy groups -OCH3 is 1. The van der Waals surface area contributed by atoms with Gasteiger partial charge in [-0.3, -0.25) is 0 Å². The smallest absolute Gasteiger partial charge is 0.119 e. The SMILES string of the molecule is COc1ccc2[nH]c3c(c2c1)CCNC3c1ccc(I)cc1. The Balaban J connectivity index is 1.85. The largest absolute Gasteiger partial charge is 0.497 e. The second-order valence-electron chi connectivity index (χ2n) is 5.62. The van der Waals surface area contributed by atoms with Crippen molar-refractivity contribution in [1.29, 1.82) is 0 Å². The maximum absolute atomic E-state index is 5.38. The summed E-state index contributed by atoms with van der Waals surface area (Å²) >= 11 is 2.34. The molecule has 0 saturated carbocycles. The van der Waals surface area contributed by atoms with E-state index in [1.54, 1.807) is 7.11 Å². The van der Waals surface area contributed by atoms with Crippen LogP contribution >= 0.6 is 22.6 Å². The van der Waals surface area contributed by atoms with Gasteiger partial charge in [-0.25, -0.2) is 0 Å². The molecule has 1 aliphatic heterocycles. The Morgan fingerprint density at radius 3 is 2.73 bits per heavy atom. The van der Waals surface area contributed by atoms with Crippen LogP contribution in [0.5, 0.6) is 5.75 Å². The highest BCUT2D eigenvalue weighted by Crippen LogP contribution is 2.35. The maximum Gasteiger partial charge on any atom is 0.119 e. The first-order valence-corrected chi connectivity index (χ1v) is 8.51. The van der Waals surface area contributed by atoms with Crippen LogP contribution in [0.3, 0.4) is 0 Å². The number of hydrogen-bond donors (Lipinski definition) is 2. The normalized spacial score (nSPS) is 17.5. The van der Waals surface area contributed by atoms with Crippen molar-refractivity contribution in [1.82, 2.24) is 10.3 Å². The molecule has 22 heavy (non-hydrogen) atoms. The fraction of sp³-hybridized carbons (Fsp3) is 0.222. The predicted molar refractivity (Wildman–Crippen MR) is 97.6 cm³/mol. The van der Waals surface area contributed by atoms with E-state index in [1.165, 1.54) is 31.3 Å². The molecule has 1 aromatic heterocycles. The molecule has 0 bridgehead atoms. The Bertz CT molecular complexity index is 823. The number of aromatic nitrogens is 1. The number of halogens is 1. The van der Waals surface area contributed by atoms with Gasteiger partial charge >= 0.3 is 0 Å². The molecule has 2 N–H and O–H groups in total. The third-order valence-electron chi connectivity index (χ3n) is 4.36. The van der Waals surface area contributed by atoms with E-state index in [-0.39, 0.29) is 6.04 Å². The minimum atomic E-state index is 0.235.